The summed E-state index contributed by atoms with van der Waals surface area (Å²) >= 11 is 0. The van der Waals surface area contributed by atoms with Crippen molar-refractivity contribution in [2.45, 2.75) is 6.54 Å². The highest BCUT2D eigenvalue weighted by Gasteiger charge is 2.18. The van der Waals surface area contributed by atoms with Crippen molar-refractivity contribution in [3.63, 3.8) is 0 Å². The maximum absolute atomic E-state index is 13.7. The molecule has 0 spiro atoms. The Balaban J connectivity index is 1.63. The molecule has 0 aliphatic carbocycles. The fourth-order valence-corrected chi connectivity index (χ4v) is 2.94. The van der Waals surface area contributed by atoms with Gasteiger partial charge in [-0.2, -0.15) is 0 Å². The number of ether oxygens (including phenoxy) is 2. The van der Waals surface area contributed by atoms with E-state index in [1.165, 1.54) is 18.2 Å². The summed E-state index contributed by atoms with van der Waals surface area (Å²) in [5, 5.41) is 2.45. The molecule has 0 aliphatic rings. The second kappa shape index (κ2) is 10.2. The van der Waals surface area contributed by atoms with Crippen LogP contribution in [0.15, 0.2) is 72.8 Å². The van der Waals surface area contributed by atoms with Crippen molar-refractivity contribution in [1.29, 1.82) is 0 Å². The molecule has 31 heavy (non-hydrogen) atoms. The zero-order valence-corrected chi connectivity index (χ0v) is 17.3. The molecule has 7 heteroatoms. The highest BCUT2D eigenvalue weighted by molar-refractivity contribution is 5.97. The van der Waals surface area contributed by atoms with E-state index in [4.69, 9.17) is 9.47 Å². The van der Waals surface area contributed by atoms with Crippen LogP contribution in [-0.2, 0) is 11.3 Å². The number of benzene rings is 3. The minimum Gasteiger partial charge on any atom is -0.497 e. The second-order valence-electron chi connectivity index (χ2n) is 6.82. The maximum Gasteiger partial charge on any atom is 0.262 e. The van der Waals surface area contributed by atoms with Crippen LogP contribution in [0.1, 0.15) is 15.9 Å². The van der Waals surface area contributed by atoms with Crippen molar-refractivity contribution in [3.8, 4) is 11.5 Å². The molecule has 0 aliphatic heterocycles. The summed E-state index contributed by atoms with van der Waals surface area (Å²) < 4.78 is 24.4. The smallest absolute Gasteiger partial charge is 0.262 e. The lowest BCUT2D eigenvalue weighted by atomic mass is 10.1. The van der Waals surface area contributed by atoms with Gasteiger partial charge in [-0.05, 0) is 42.0 Å². The number of carbonyl (C=O) groups excluding carboxylic acids is 2. The minimum atomic E-state index is -0.536. The van der Waals surface area contributed by atoms with E-state index in [9.17, 15) is 14.0 Å². The zero-order valence-electron chi connectivity index (χ0n) is 17.3. The Labute approximate surface area is 180 Å². The minimum absolute atomic E-state index is 0.0692. The van der Waals surface area contributed by atoms with Gasteiger partial charge in [0, 0.05) is 13.6 Å². The van der Waals surface area contributed by atoms with Crippen LogP contribution >= 0.6 is 0 Å². The van der Waals surface area contributed by atoms with Gasteiger partial charge < -0.3 is 19.7 Å². The number of carbonyl (C=O) groups is 2. The Morgan fingerprint density at radius 1 is 0.968 bits per heavy atom. The van der Waals surface area contributed by atoms with Crippen LogP contribution in [0.4, 0.5) is 10.1 Å². The third kappa shape index (κ3) is 5.82. The standard InChI is InChI=1S/C24H23FN2O4/c1-27(15-17-11-13-18(30-2)14-12-17)24(29)19-7-3-6-10-22(19)31-16-23(28)26-21-9-5-4-8-20(21)25/h3-14H,15-16H2,1-2H3,(H,26,28). The molecule has 0 aromatic heterocycles. The van der Waals surface area contributed by atoms with Crippen LogP contribution in [0.5, 0.6) is 11.5 Å². The van der Waals surface area contributed by atoms with Crippen LogP contribution in [-0.4, -0.2) is 37.5 Å². The molecule has 0 saturated heterocycles. The number of methoxy groups -OCH3 is 1. The van der Waals surface area contributed by atoms with Crippen molar-refractivity contribution in [2.75, 3.05) is 26.1 Å². The highest BCUT2D eigenvalue weighted by Crippen LogP contribution is 2.21. The molecular weight excluding hydrogens is 399 g/mol. The summed E-state index contributed by atoms with van der Waals surface area (Å²) in [6.45, 7) is 0.0335. The number of nitrogens with zero attached hydrogens (tertiary/aromatic N) is 1. The number of nitrogens with one attached hydrogen (secondary N) is 1. The van der Waals surface area contributed by atoms with E-state index in [0.717, 1.165) is 11.3 Å². The summed E-state index contributed by atoms with van der Waals surface area (Å²) in [7, 11) is 3.28. The molecule has 2 amide bonds. The van der Waals surface area contributed by atoms with Crippen molar-refractivity contribution in [3.05, 3.63) is 89.7 Å². The molecule has 3 aromatic rings. The van der Waals surface area contributed by atoms with Crippen LogP contribution < -0.4 is 14.8 Å². The third-order valence-corrected chi connectivity index (χ3v) is 4.55. The lowest BCUT2D eigenvalue weighted by molar-refractivity contribution is -0.118. The normalized spacial score (nSPS) is 10.3. The first-order valence-corrected chi connectivity index (χ1v) is 9.62. The molecule has 0 atom stereocenters. The number of rotatable bonds is 8. The fourth-order valence-electron chi connectivity index (χ4n) is 2.94. The van der Waals surface area contributed by atoms with Crippen molar-refractivity contribution < 1.29 is 23.5 Å². The Bertz CT molecular complexity index is 1050. The molecule has 160 valence electrons. The summed E-state index contributed by atoms with van der Waals surface area (Å²) in [6, 6.07) is 20.0. The molecule has 0 heterocycles. The van der Waals surface area contributed by atoms with E-state index in [0.29, 0.717) is 12.1 Å². The van der Waals surface area contributed by atoms with Gasteiger partial charge in [-0.1, -0.05) is 36.4 Å². The predicted molar refractivity (Wildman–Crippen MR) is 116 cm³/mol. The largest absolute Gasteiger partial charge is 0.497 e. The first-order chi connectivity index (χ1) is 15.0. The number of hydrogen-bond donors (Lipinski definition) is 1. The van der Waals surface area contributed by atoms with E-state index < -0.39 is 11.7 Å². The number of halogens is 1. The molecular formula is C24H23FN2O4. The van der Waals surface area contributed by atoms with Gasteiger partial charge in [0.15, 0.2) is 6.61 Å². The van der Waals surface area contributed by atoms with Gasteiger partial charge in [-0.25, -0.2) is 4.39 Å². The van der Waals surface area contributed by atoms with Crippen molar-refractivity contribution >= 4 is 17.5 Å². The van der Waals surface area contributed by atoms with E-state index >= 15 is 0 Å². The highest BCUT2D eigenvalue weighted by atomic mass is 19.1. The van der Waals surface area contributed by atoms with Gasteiger partial charge >= 0.3 is 0 Å². The summed E-state index contributed by atoms with van der Waals surface area (Å²) in [4.78, 5) is 26.6. The van der Waals surface area contributed by atoms with Crippen LogP contribution in [0.25, 0.3) is 0 Å². The lowest BCUT2D eigenvalue weighted by Gasteiger charge is -2.19. The zero-order chi connectivity index (χ0) is 22.2. The van der Waals surface area contributed by atoms with E-state index in [1.54, 1.807) is 49.4 Å². The van der Waals surface area contributed by atoms with Crippen molar-refractivity contribution in [2.24, 2.45) is 0 Å². The summed E-state index contributed by atoms with van der Waals surface area (Å²) in [5.74, 6) is -0.297. The van der Waals surface area contributed by atoms with Crippen LogP contribution in [0, 0.1) is 5.82 Å². The molecule has 3 aromatic carbocycles. The summed E-state index contributed by atoms with van der Waals surface area (Å²) in [6.07, 6.45) is 0. The number of para-hydroxylation sites is 2. The van der Waals surface area contributed by atoms with Gasteiger partial charge in [0.25, 0.3) is 11.8 Å². The predicted octanol–water partition coefficient (Wildman–Crippen LogP) is 4.12. The lowest BCUT2D eigenvalue weighted by Crippen LogP contribution is -2.27. The summed E-state index contributed by atoms with van der Waals surface area (Å²) in [5.41, 5.74) is 1.34. The second-order valence-corrected chi connectivity index (χ2v) is 6.82. The molecule has 0 unspecified atom stereocenters. The Morgan fingerprint density at radius 3 is 2.35 bits per heavy atom. The average Bonchev–Trinajstić information content (AvgIpc) is 2.79. The van der Waals surface area contributed by atoms with E-state index in [-0.39, 0.29) is 24.0 Å². The van der Waals surface area contributed by atoms with Gasteiger partial charge in [0.1, 0.15) is 17.3 Å². The molecule has 0 fully saturated rings. The molecule has 6 nitrogen and oxygen atoms in total. The van der Waals surface area contributed by atoms with Gasteiger partial charge in [0.05, 0.1) is 18.4 Å². The topological polar surface area (TPSA) is 67.9 Å². The molecule has 0 radical (unpaired) electrons. The van der Waals surface area contributed by atoms with Gasteiger partial charge in [-0.3, -0.25) is 9.59 Å². The monoisotopic (exact) mass is 422 g/mol. The number of hydrogen-bond acceptors (Lipinski definition) is 4. The van der Waals surface area contributed by atoms with Gasteiger partial charge in [0.2, 0.25) is 0 Å². The first kappa shape index (κ1) is 21.8. The first-order valence-electron chi connectivity index (χ1n) is 9.62. The Kier molecular flexibility index (Phi) is 7.22. The van der Waals surface area contributed by atoms with Gasteiger partial charge in [-0.15, -0.1) is 0 Å². The maximum atomic E-state index is 13.7. The molecule has 0 saturated carbocycles. The molecule has 1 N–H and O–H groups in total. The molecule has 3 rings (SSSR count). The van der Waals surface area contributed by atoms with Crippen molar-refractivity contribution in [1.82, 2.24) is 4.90 Å². The van der Waals surface area contributed by atoms with Crippen LogP contribution in [0.2, 0.25) is 0 Å². The number of amides is 2. The SMILES string of the molecule is COc1ccc(CN(C)C(=O)c2ccccc2OCC(=O)Nc2ccccc2F)cc1. The van der Waals surface area contributed by atoms with E-state index in [1.807, 2.05) is 24.3 Å². The number of anilines is 1. The fraction of sp³-hybridized carbons (Fsp3) is 0.167. The third-order valence-electron chi connectivity index (χ3n) is 4.55. The quantitative estimate of drug-likeness (QED) is 0.593. The Morgan fingerprint density at radius 2 is 1.65 bits per heavy atom. The molecule has 0 bridgehead atoms. The van der Waals surface area contributed by atoms with Crippen LogP contribution in [0.3, 0.4) is 0 Å². The Hall–Kier alpha value is -3.87. The van der Waals surface area contributed by atoms with E-state index in [2.05, 4.69) is 5.32 Å². The average molecular weight is 422 g/mol.